The smallest absolute Gasteiger partial charge is 0.229 e. The predicted octanol–water partition coefficient (Wildman–Crippen LogP) is 3.03. The molecule has 0 atom stereocenters. The van der Waals surface area contributed by atoms with Crippen molar-refractivity contribution in [3.63, 3.8) is 0 Å². The van der Waals surface area contributed by atoms with Crippen LogP contribution in [0.15, 0.2) is 42.5 Å². The van der Waals surface area contributed by atoms with E-state index in [2.05, 4.69) is 10.0 Å². The quantitative estimate of drug-likeness (QED) is 0.789. The van der Waals surface area contributed by atoms with Crippen molar-refractivity contribution >= 4 is 33.0 Å². The van der Waals surface area contributed by atoms with Gasteiger partial charge in [-0.05, 0) is 24.3 Å². The molecule has 0 saturated heterocycles. The van der Waals surface area contributed by atoms with E-state index in [0.29, 0.717) is 22.9 Å². The second kappa shape index (κ2) is 6.24. The lowest BCUT2D eigenvalue weighted by atomic mass is 10.2. The number of phenols is 1. The van der Waals surface area contributed by atoms with E-state index in [4.69, 9.17) is 11.6 Å². The summed E-state index contributed by atoms with van der Waals surface area (Å²) in [5, 5.41) is 13.2. The average Bonchev–Trinajstić information content (AvgIpc) is 2.39. The fourth-order valence-corrected chi connectivity index (χ4v) is 2.53. The van der Waals surface area contributed by atoms with Crippen LogP contribution in [0.2, 0.25) is 5.02 Å². The van der Waals surface area contributed by atoms with Crippen LogP contribution in [-0.2, 0) is 16.6 Å². The number of aromatic hydroxyl groups is 1. The monoisotopic (exact) mass is 326 g/mol. The van der Waals surface area contributed by atoms with Crippen LogP contribution in [0.3, 0.4) is 0 Å². The Bertz CT molecular complexity index is 748. The first kappa shape index (κ1) is 15.5. The highest BCUT2D eigenvalue weighted by molar-refractivity contribution is 7.92. The number of anilines is 2. The summed E-state index contributed by atoms with van der Waals surface area (Å²) in [6.07, 6.45) is 1.08. The van der Waals surface area contributed by atoms with Crippen molar-refractivity contribution in [3.8, 4) is 5.75 Å². The average molecular weight is 327 g/mol. The van der Waals surface area contributed by atoms with E-state index in [1.807, 2.05) is 6.07 Å². The molecule has 0 aromatic heterocycles. The Labute approximate surface area is 128 Å². The maximum Gasteiger partial charge on any atom is 0.229 e. The van der Waals surface area contributed by atoms with Crippen LogP contribution in [0.5, 0.6) is 5.75 Å². The molecule has 5 nitrogen and oxygen atoms in total. The summed E-state index contributed by atoms with van der Waals surface area (Å²) >= 11 is 6.07. The van der Waals surface area contributed by atoms with Crippen molar-refractivity contribution < 1.29 is 13.5 Å². The molecule has 0 fully saturated rings. The van der Waals surface area contributed by atoms with E-state index < -0.39 is 10.0 Å². The van der Waals surface area contributed by atoms with Crippen LogP contribution < -0.4 is 10.0 Å². The molecule has 21 heavy (non-hydrogen) atoms. The molecule has 0 spiro atoms. The van der Waals surface area contributed by atoms with E-state index in [0.717, 1.165) is 11.8 Å². The minimum Gasteiger partial charge on any atom is -0.508 e. The van der Waals surface area contributed by atoms with Gasteiger partial charge in [0.15, 0.2) is 0 Å². The van der Waals surface area contributed by atoms with Gasteiger partial charge in [0.05, 0.1) is 22.7 Å². The van der Waals surface area contributed by atoms with Crippen LogP contribution in [0.1, 0.15) is 5.56 Å². The molecule has 0 saturated carbocycles. The molecule has 0 amide bonds. The normalized spacial score (nSPS) is 11.1. The standard InChI is InChI=1S/C14H15ClN2O3S/c1-21(19,20)17-11-6-7-12(15)13(8-11)16-9-10-4-2-3-5-14(10)18/h2-8,16-18H,9H2,1H3. The second-order valence-electron chi connectivity index (χ2n) is 4.55. The zero-order valence-corrected chi connectivity index (χ0v) is 12.9. The lowest BCUT2D eigenvalue weighted by Gasteiger charge is -2.12. The molecule has 112 valence electrons. The number of sulfonamides is 1. The summed E-state index contributed by atoms with van der Waals surface area (Å²) in [7, 11) is -3.34. The summed E-state index contributed by atoms with van der Waals surface area (Å²) in [4.78, 5) is 0. The van der Waals surface area contributed by atoms with E-state index >= 15 is 0 Å². The number of benzene rings is 2. The van der Waals surface area contributed by atoms with Crippen molar-refractivity contribution in [1.82, 2.24) is 0 Å². The van der Waals surface area contributed by atoms with Gasteiger partial charge < -0.3 is 10.4 Å². The first-order valence-corrected chi connectivity index (χ1v) is 8.40. The molecule has 2 aromatic rings. The van der Waals surface area contributed by atoms with Crippen molar-refractivity contribution in [3.05, 3.63) is 53.1 Å². The summed E-state index contributed by atoms with van der Waals surface area (Å²) in [6.45, 7) is 0.370. The summed E-state index contributed by atoms with van der Waals surface area (Å²) < 4.78 is 24.8. The maximum atomic E-state index is 11.2. The van der Waals surface area contributed by atoms with Crippen molar-refractivity contribution in [1.29, 1.82) is 0 Å². The number of rotatable bonds is 5. The Hall–Kier alpha value is -1.92. The van der Waals surface area contributed by atoms with Gasteiger partial charge in [-0.2, -0.15) is 0 Å². The van der Waals surface area contributed by atoms with Crippen LogP contribution in [0, 0.1) is 0 Å². The van der Waals surface area contributed by atoms with Crippen LogP contribution >= 0.6 is 11.6 Å². The summed E-state index contributed by atoms with van der Waals surface area (Å²) in [6, 6.07) is 11.7. The van der Waals surface area contributed by atoms with Gasteiger partial charge in [-0.25, -0.2) is 8.42 Å². The van der Waals surface area contributed by atoms with Crippen molar-refractivity contribution in [2.45, 2.75) is 6.54 Å². The van der Waals surface area contributed by atoms with Crippen molar-refractivity contribution in [2.24, 2.45) is 0 Å². The molecule has 2 rings (SSSR count). The highest BCUT2D eigenvalue weighted by atomic mass is 35.5. The Kier molecular flexibility index (Phi) is 4.59. The molecule has 0 heterocycles. The minimum atomic E-state index is -3.34. The Morgan fingerprint density at radius 3 is 2.57 bits per heavy atom. The van der Waals surface area contributed by atoms with E-state index in [-0.39, 0.29) is 5.75 Å². The second-order valence-corrected chi connectivity index (χ2v) is 6.71. The fourth-order valence-electron chi connectivity index (χ4n) is 1.79. The maximum absolute atomic E-state index is 11.2. The van der Waals surface area contributed by atoms with E-state index in [1.54, 1.807) is 36.4 Å². The van der Waals surface area contributed by atoms with Gasteiger partial charge in [-0.3, -0.25) is 4.72 Å². The van der Waals surface area contributed by atoms with Crippen LogP contribution in [-0.4, -0.2) is 19.8 Å². The molecule has 0 radical (unpaired) electrons. The van der Waals surface area contributed by atoms with E-state index in [1.165, 1.54) is 0 Å². The Balaban J connectivity index is 2.16. The lowest BCUT2D eigenvalue weighted by molar-refractivity contribution is 0.469. The van der Waals surface area contributed by atoms with Gasteiger partial charge in [0, 0.05) is 12.1 Å². The van der Waals surface area contributed by atoms with Gasteiger partial charge >= 0.3 is 0 Å². The third-order valence-electron chi connectivity index (χ3n) is 2.73. The zero-order valence-electron chi connectivity index (χ0n) is 11.3. The molecule has 2 aromatic carbocycles. The largest absolute Gasteiger partial charge is 0.508 e. The number of phenolic OH excluding ortho intramolecular Hbond substituents is 1. The number of hydrogen-bond donors (Lipinski definition) is 3. The molecule has 0 aliphatic heterocycles. The number of para-hydroxylation sites is 1. The molecule has 0 bridgehead atoms. The molecule has 3 N–H and O–H groups in total. The van der Waals surface area contributed by atoms with Gasteiger partial charge in [0.2, 0.25) is 10.0 Å². The molecule has 0 aliphatic rings. The first-order valence-electron chi connectivity index (χ1n) is 6.13. The van der Waals surface area contributed by atoms with E-state index in [9.17, 15) is 13.5 Å². The van der Waals surface area contributed by atoms with Crippen LogP contribution in [0.4, 0.5) is 11.4 Å². The topological polar surface area (TPSA) is 78.4 Å². The van der Waals surface area contributed by atoms with Crippen LogP contribution in [0.25, 0.3) is 0 Å². The summed E-state index contributed by atoms with van der Waals surface area (Å²) in [5.74, 6) is 0.187. The highest BCUT2D eigenvalue weighted by Crippen LogP contribution is 2.27. The Morgan fingerprint density at radius 2 is 1.90 bits per heavy atom. The number of hydrogen-bond acceptors (Lipinski definition) is 4. The van der Waals surface area contributed by atoms with Gasteiger partial charge in [-0.1, -0.05) is 29.8 Å². The highest BCUT2D eigenvalue weighted by Gasteiger charge is 2.07. The molecular weight excluding hydrogens is 312 g/mol. The zero-order chi connectivity index (χ0) is 15.5. The molecule has 7 heteroatoms. The Morgan fingerprint density at radius 1 is 1.19 bits per heavy atom. The first-order chi connectivity index (χ1) is 9.85. The third-order valence-corrected chi connectivity index (χ3v) is 3.67. The lowest BCUT2D eigenvalue weighted by Crippen LogP contribution is -2.10. The fraction of sp³-hybridized carbons (Fsp3) is 0.143. The third kappa shape index (κ3) is 4.54. The number of nitrogens with one attached hydrogen (secondary N) is 2. The number of halogens is 1. The van der Waals surface area contributed by atoms with Crippen molar-refractivity contribution in [2.75, 3.05) is 16.3 Å². The van der Waals surface area contributed by atoms with Gasteiger partial charge in [-0.15, -0.1) is 0 Å². The minimum absolute atomic E-state index is 0.187. The summed E-state index contributed by atoms with van der Waals surface area (Å²) in [5.41, 5.74) is 1.71. The van der Waals surface area contributed by atoms with Gasteiger partial charge in [0.25, 0.3) is 0 Å². The molecule has 0 unspecified atom stereocenters. The molecular formula is C14H15ClN2O3S. The van der Waals surface area contributed by atoms with Gasteiger partial charge in [0.1, 0.15) is 5.75 Å². The SMILES string of the molecule is CS(=O)(=O)Nc1ccc(Cl)c(NCc2ccccc2O)c1. The predicted molar refractivity (Wildman–Crippen MR) is 85.4 cm³/mol. The molecule has 0 aliphatic carbocycles.